The van der Waals surface area contributed by atoms with Crippen LogP contribution in [0.1, 0.15) is 36.0 Å². The van der Waals surface area contributed by atoms with Crippen LogP contribution in [0.15, 0.2) is 23.4 Å². The number of rotatable bonds is 4. The summed E-state index contributed by atoms with van der Waals surface area (Å²) in [4.78, 5) is 32.5. The Bertz CT molecular complexity index is 835. The Morgan fingerprint density at radius 1 is 1.26 bits per heavy atom. The van der Waals surface area contributed by atoms with Crippen molar-refractivity contribution < 1.29 is 23.9 Å². The zero-order valence-corrected chi connectivity index (χ0v) is 14.9. The van der Waals surface area contributed by atoms with E-state index in [9.17, 15) is 9.59 Å². The van der Waals surface area contributed by atoms with E-state index in [2.05, 4.69) is 10.5 Å². The number of nitrogens with one attached hydrogen (secondary N) is 1. The Morgan fingerprint density at radius 2 is 2.11 bits per heavy atom. The summed E-state index contributed by atoms with van der Waals surface area (Å²) in [7, 11) is 0. The first kappa shape index (κ1) is 16.4. The molecular weight excluding hydrogens is 350 g/mol. The third-order valence-corrected chi connectivity index (χ3v) is 5.57. The van der Waals surface area contributed by atoms with Crippen LogP contribution in [0.5, 0.6) is 11.5 Å². The number of oxime groups is 1. The summed E-state index contributed by atoms with van der Waals surface area (Å²) in [5.74, 6) is 1.62. The highest BCUT2D eigenvalue weighted by molar-refractivity contribution is 6.39. The molecule has 1 saturated carbocycles. The van der Waals surface area contributed by atoms with E-state index >= 15 is 0 Å². The molecule has 1 N–H and O–H groups in total. The first-order chi connectivity index (χ1) is 13.1. The second kappa shape index (κ2) is 6.14. The van der Waals surface area contributed by atoms with Gasteiger partial charge in [0.25, 0.3) is 11.8 Å². The Morgan fingerprint density at radius 3 is 2.96 bits per heavy atom. The molecule has 0 unspecified atom stereocenters. The van der Waals surface area contributed by atoms with Crippen molar-refractivity contribution in [3.63, 3.8) is 0 Å². The van der Waals surface area contributed by atoms with E-state index in [0.29, 0.717) is 61.2 Å². The van der Waals surface area contributed by atoms with Crippen molar-refractivity contribution in [2.75, 3.05) is 26.4 Å². The Labute approximate surface area is 156 Å². The first-order valence-electron chi connectivity index (χ1n) is 9.34. The maximum atomic E-state index is 12.8. The van der Waals surface area contributed by atoms with Gasteiger partial charge in [0.1, 0.15) is 5.71 Å². The van der Waals surface area contributed by atoms with Crippen LogP contribution < -0.4 is 14.8 Å². The Kier molecular flexibility index (Phi) is 3.73. The number of fused-ring (bicyclic) bond motifs is 1. The van der Waals surface area contributed by atoms with Gasteiger partial charge in [-0.3, -0.25) is 9.59 Å². The summed E-state index contributed by atoms with van der Waals surface area (Å²) >= 11 is 0. The lowest BCUT2D eigenvalue weighted by Crippen LogP contribution is -2.38. The number of nitrogens with zero attached hydrogens (tertiary/aromatic N) is 2. The molecule has 27 heavy (non-hydrogen) atoms. The van der Waals surface area contributed by atoms with Gasteiger partial charge in [-0.25, -0.2) is 0 Å². The van der Waals surface area contributed by atoms with Crippen molar-refractivity contribution in [1.29, 1.82) is 0 Å². The molecule has 0 radical (unpaired) electrons. The number of carbonyl (C=O) groups is 2. The smallest absolute Gasteiger partial charge is 0.269 e. The molecule has 1 atom stereocenters. The monoisotopic (exact) mass is 371 g/mol. The predicted molar refractivity (Wildman–Crippen MR) is 94.7 cm³/mol. The molecule has 142 valence electrons. The average Bonchev–Trinajstić information content (AvgIpc) is 3.09. The van der Waals surface area contributed by atoms with E-state index in [1.165, 1.54) is 12.8 Å². The van der Waals surface area contributed by atoms with Gasteiger partial charge in [-0.1, -0.05) is 5.16 Å². The summed E-state index contributed by atoms with van der Waals surface area (Å²) in [5.41, 5.74) is 0.392. The lowest BCUT2D eigenvalue weighted by Gasteiger charge is -2.21. The molecule has 8 heteroatoms. The van der Waals surface area contributed by atoms with E-state index < -0.39 is 5.60 Å². The highest BCUT2D eigenvalue weighted by Gasteiger charge is 2.48. The molecule has 1 saturated heterocycles. The largest absolute Gasteiger partial charge is 0.454 e. The van der Waals surface area contributed by atoms with Crippen LogP contribution in [0, 0.1) is 5.92 Å². The summed E-state index contributed by atoms with van der Waals surface area (Å²) in [6.45, 7) is 1.87. The van der Waals surface area contributed by atoms with Crippen molar-refractivity contribution in [2.45, 2.75) is 31.3 Å². The zero-order valence-electron chi connectivity index (χ0n) is 14.9. The molecule has 8 nitrogen and oxygen atoms in total. The number of ether oxygens (including phenoxy) is 2. The van der Waals surface area contributed by atoms with Gasteiger partial charge in [0.05, 0.1) is 6.54 Å². The molecule has 0 bridgehead atoms. The van der Waals surface area contributed by atoms with Crippen LogP contribution in [0.25, 0.3) is 0 Å². The maximum absolute atomic E-state index is 12.8. The SMILES string of the molecule is O=C(NCC1CC1)C1=NO[C@]2(CCN(C(=O)c3ccc4c(c3)OCO4)C2)C1. The van der Waals surface area contributed by atoms with Crippen molar-refractivity contribution in [3.05, 3.63) is 23.8 Å². The summed E-state index contributed by atoms with van der Waals surface area (Å²) in [6.07, 6.45) is 3.47. The molecule has 4 aliphatic rings. The van der Waals surface area contributed by atoms with Crippen molar-refractivity contribution in [1.82, 2.24) is 10.2 Å². The second-order valence-electron chi connectivity index (χ2n) is 7.69. The van der Waals surface area contributed by atoms with Crippen molar-refractivity contribution >= 4 is 17.5 Å². The van der Waals surface area contributed by atoms with E-state index in [-0.39, 0.29) is 18.6 Å². The minimum atomic E-state index is -0.585. The van der Waals surface area contributed by atoms with Gasteiger partial charge in [-0.05, 0) is 37.0 Å². The maximum Gasteiger partial charge on any atom is 0.269 e. The fraction of sp³-hybridized carbons (Fsp3) is 0.526. The van der Waals surface area contributed by atoms with Crippen molar-refractivity contribution in [3.8, 4) is 11.5 Å². The van der Waals surface area contributed by atoms with Crippen LogP contribution in [0.3, 0.4) is 0 Å². The van der Waals surface area contributed by atoms with Gasteiger partial charge in [0, 0.05) is 31.5 Å². The van der Waals surface area contributed by atoms with Gasteiger partial charge >= 0.3 is 0 Å². The van der Waals surface area contributed by atoms with Crippen LogP contribution in [-0.4, -0.2) is 54.5 Å². The predicted octanol–water partition coefficient (Wildman–Crippen LogP) is 1.30. The fourth-order valence-electron chi connectivity index (χ4n) is 3.75. The molecule has 5 rings (SSSR count). The first-order valence-corrected chi connectivity index (χ1v) is 9.34. The molecule has 0 aromatic heterocycles. The number of benzene rings is 1. The lowest BCUT2D eigenvalue weighted by molar-refractivity contribution is -0.115. The minimum absolute atomic E-state index is 0.0830. The number of amides is 2. The van der Waals surface area contributed by atoms with Crippen LogP contribution in [-0.2, 0) is 9.63 Å². The van der Waals surface area contributed by atoms with Gasteiger partial charge in [-0.2, -0.15) is 0 Å². The molecule has 3 aliphatic heterocycles. The van der Waals surface area contributed by atoms with Gasteiger partial charge in [0.2, 0.25) is 6.79 Å². The molecule has 2 amide bonds. The quantitative estimate of drug-likeness (QED) is 0.862. The number of hydrogen-bond donors (Lipinski definition) is 1. The molecule has 1 spiro atoms. The molecule has 2 fully saturated rings. The van der Waals surface area contributed by atoms with Gasteiger partial charge in [0.15, 0.2) is 17.1 Å². The minimum Gasteiger partial charge on any atom is -0.454 e. The van der Waals surface area contributed by atoms with Crippen LogP contribution >= 0.6 is 0 Å². The Balaban J connectivity index is 1.21. The van der Waals surface area contributed by atoms with Crippen LogP contribution in [0.4, 0.5) is 0 Å². The summed E-state index contributed by atoms with van der Waals surface area (Å²) in [5, 5.41) is 6.93. The van der Waals surface area contributed by atoms with Crippen molar-refractivity contribution in [2.24, 2.45) is 11.1 Å². The molecule has 1 aromatic rings. The van der Waals surface area contributed by atoms with E-state index in [4.69, 9.17) is 14.3 Å². The molecule has 1 aromatic carbocycles. The van der Waals surface area contributed by atoms with Crippen LogP contribution in [0.2, 0.25) is 0 Å². The topological polar surface area (TPSA) is 89.5 Å². The number of hydrogen-bond acceptors (Lipinski definition) is 6. The molecular formula is C19H21N3O5. The van der Waals surface area contributed by atoms with Gasteiger partial charge in [-0.15, -0.1) is 0 Å². The number of carbonyl (C=O) groups excluding carboxylic acids is 2. The van der Waals surface area contributed by atoms with E-state index in [1.807, 2.05) is 0 Å². The zero-order chi connectivity index (χ0) is 18.4. The molecule has 1 aliphatic carbocycles. The highest BCUT2D eigenvalue weighted by atomic mass is 16.7. The average molecular weight is 371 g/mol. The summed E-state index contributed by atoms with van der Waals surface area (Å²) < 4.78 is 10.6. The second-order valence-corrected chi connectivity index (χ2v) is 7.69. The normalized spacial score (nSPS) is 25.5. The third kappa shape index (κ3) is 3.09. The number of likely N-dealkylation sites (tertiary alicyclic amines) is 1. The molecule has 3 heterocycles. The lowest BCUT2D eigenvalue weighted by atomic mass is 9.96. The van der Waals surface area contributed by atoms with Gasteiger partial charge < -0.3 is 24.5 Å². The fourth-order valence-corrected chi connectivity index (χ4v) is 3.75. The third-order valence-electron chi connectivity index (χ3n) is 5.57. The standard InChI is InChI=1S/C19H21N3O5/c23-17(20-9-12-1-2-12)14-8-19(27-21-14)5-6-22(10-19)18(24)13-3-4-15-16(7-13)26-11-25-15/h3-4,7,12H,1-2,5-6,8-11H2,(H,20,23)/t19-/m1/s1. The summed E-state index contributed by atoms with van der Waals surface area (Å²) in [6, 6.07) is 5.20. The Hall–Kier alpha value is -2.77. The van der Waals surface area contributed by atoms with E-state index in [0.717, 1.165) is 0 Å². The highest BCUT2D eigenvalue weighted by Crippen LogP contribution is 2.36. The van der Waals surface area contributed by atoms with E-state index in [1.54, 1.807) is 23.1 Å².